The van der Waals surface area contributed by atoms with E-state index < -0.39 is 0 Å². The van der Waals surface area contributed by atoms with Crippen molar-refractivity contribution in [2.75, 3.05) is 5.32 Å². The maximum absolute atomic E-state index is 12.0. The van der Waals surface area contributed by atoms with Crippen molar-refractivity contribution in [1.29, 1.82) is 0 Å². The lowest BCUT2D eigenvalue weighted by Crippen LogP contribution is -2.12. The highest BCUT2D eigenvalue weighted by atomic mass is 16.5. The molecule has 1 N–H and O–H groups in total. The summed E-state index contributed by atoms with van der Waals surface area (Å²) < 4.78 is 5.26. The summed E-state index contributed by atoms with van der Waals surface area (Å²) >= 11 is 0. The molecule has 0 aliphatic rings. The molecular weight excluding hydrogens is 316 g/mol. The first-order valence-electron chi connectivity index (χ1n) is 8.23. The van der Waals surface area contributed by atoms with Gasteiger partial charge in [-0.2, -0.15) is 4.98 Å². The molecule has 0 spiro atoms. The third-order valence-corrected chi connectivity index (χ3v) is 3.73. The van der Waals surface area contributed by atoms with Crippen molar-refractivity contribution < 1.29 is 9.32 Å². The van der Waals surface area contributed by atoms with Crippen molar-refractivity contribution in [3.05, 3.63) is 59.6 Å². The van der Waals surface area contributed by atoms with Gasteiger partial charge in [-0.3, -0.25) is 4.79 Å². The quantitative estimate of drug-likeness (QED) is 0.742. The van der Waals surface area contributed by atoms with E-state index in [1.165, 1.54) is 5.56 Å². The first-order valence-corrected chi connectivity index (χ1v) is 8.23. The molecule has 25 heavy (non-hydrogen) atoms. The van der Waals surface area contributed by atoms with E-state index in [0.717, 1.165) is 11.3 Å². The summed E-state index contributed by atoms with van der Waals surface area (Å²) in [5, 5.41) is 6.78. The molecule has 2 heterocycles. The Hall–Kier alpha value is -3.02. The Bertz CT molecular complexity index is 856. The van der Waals surface area contributed by atoms with Crippen LogP contribution in [0.5, 0.6) is 0 Å². The van der Waals surface area contributed by atoms with Crippen molar-refractivity contribution in [1.82, 2.24) is 15.1 Å². The topological polar surface area (TPSA) is 80.9 Å². The number of pyridine rings is 1. The van der Waals surface area contributed by atoms with Gasteiger partial charge in [-0.05, 0) is 32.4 Å². The Labute approximate surface area is 146 Å². The zero-order valence-corrected chi connectivity index (χ0v) is 14.3. The van der Waals surface area contributed by atoms with E-state index in [9.17, 15) is 4.79 Å². The van der Waals surface area contributed by atoms with E-state index in [0.29, 0.717) is 36.8 Å². The molecule has 1 aromatic carbocycles. The van der Waals surface area contributed by atoms with Crippen LogP contribution < -0.4 is 5.32 Å². The Kier molecular flexibility index (Phi) is 5.18. The number of nitrogens with one attached hydrogen (secondary N) is 1. The molecule has 0 aliphatic heterocycles. The molecule has 3 aromatic rings. The molecule has 128 valence electrons. The van der Waals surface area contributed by atoms with Gasteiger partial charge in [-0.1, -0.05) is 41.1 Å². The van der Waals surface area contributed by atoms with Gasteiger partial charge in [-0.25, -0.2) is 4.98 Å². The molecule has 0 atom stereocenters. The molecule has 0 saturated carbocycles. The minimum atomic E-state index is -0.0728. The molecule has 2 aromatic heterocycles. The summed E-state index contributed by atoms with van der Waals surface area (Å²) in [5.74, 6) is 1.61. The van der Waals surface area contributed by atoms with Crippen molar-refractivity contribution in [2.24, 2.45) is 0 Å². The monoisotopic (exact) mass is 336 g/mol. The minimum Gasteiger partial charge on any atom is -0.339 e. The number of anilines is 1. The first kappa shape index (κ1) is 16.8. The number of benzene rings is 1. The Balaban J connectivity index is 1.49. The largest absolute Gasteiger partial charge is 0.339 e. The molecule has 1 amide bonds. The second-order valence-corrected chi connectivity index (χ2v) is 5.94. The zero-order chi connectivity index (χ0) is 17.6. The molecule has 0 bridgehead atoms. The van der Waals surface area contributed by atoms with Crippen LogP contribution in [0, 0.1) is 13.8 Å². The third-order valence-electron chi connectivity index (χ3n) is 3.73. The SMILES string of the molecule is Cc1ccc(-c2noc(CCCC(=O)Nc3cccc(C)n3)n2)cc1. The minimum absolute atomic E-state index is 0.0728. The van der Waals surface area contributed by atoms with Gasteiger partial charge in [0.05, 0.1) is 0 Å². The summed E-state index contributed by atoms with van der Waals surface area (Å²) in [6, 6.07) is 13.5. The van der Waals surface area contributed by atoms with E-state index in [2.05, 4.69) is 20.4 Å². The number of carbonyl (C=O) groups is 1. The van der Waals surface area contributed by atoms with Crippen LogP contribution in [0.1, 0.15) is 30.0 Å². The highest BCUT2D eigenvalue weighted by molar-refractivity contribution is 5.89. The summed E-state index contributed by atoms with van der Waals surface area (Å²) in [5.41, 5.74) is 2.97. The van der Waals surface area contributed by atoms with Crippen LogP contribution >= 0.6 is 0 Å². The smallest absolute Gasteiger partial charge is 0.226 e. The highest BCUT2D eigenvalue weighted by Gasteiger charge is 2.10. The fraction of sp³-hybridized carbons (Fsp3) is 0.263. The fourth-order valence-corrected chi connectivity index (χ4v) is 2.39. The predicted molar refractivity (Wildman–Crippen MR) is 95.0 cm³/mol. The van der Waals surface area contributed by atoms with Crippen molar-refractivity contribution >= 4 is 11.7 Å². The molecule has 6 heteroatoms. The van der Waals surface area contributed by atoms with Gasteiger partial charge in [0, 0.05) is 24.1 Å². The number of amides is 1. The van der Waals surface area contributed by atoms with Gasteiger partial charge in [0.25, 0.3) is 0 Å². The molecule has 0 radical (unpaired) electrons. The van der Waals surface area contributed by atoms with Crippen LogP contribution in [0.15, 0.2) is 47.0 Å². The fourth-order valence-electron chi connectivity index (χ4n) is 2.39. The number of carbonyl (C=O) groups excluding carboxylic acids is 1. The van der Waals surface area contributed by atoms with Crippen LogP contribution in [-0.4, -0.2) is 21.0 Å². The average Bonchev–Trinajstić information content (AvgIpc) is 3.04. The van der Waals surface area contributed by atoms with Crippen molar-refractivity contribution in [2.45, 2.75) is 33.1 Å². The normalized spacial score (nSPS) is 10.6. The van der Waals surface area contributed by atoms with E-state index >= 15 is 0 Å². The summed E-state index contributed by atoms with van der Waals surface area (Å²) in [6.45, 7) is 3.92. The van der Waals surface area contributed by atoms with Gasteiger partial charge < -0.3 is 9.84 Å². The van der Waals surface area contributed by atoms with Gasteiger partial charge in [0.2, 0.25) is 17.6 Å². The number of aromatic nitrogens is 3. The number of nitrogens with zero attached hydrogens (tertiary/aromatic N) is 3. The zero-order valence-electron chi connectivity index (χ0n) is 14.3. The van der Waals surface area contributed by atoms with Crippen molar-refractivity contribution in [3.63, 3.8) is 0 Å². The first-order chi connectivity index (χ1) is 12.1. The number of hydrogen-bond donors (Lipinski definition) is 1. The van der Waals surface area contributed by atoms with E-state index in [1.54, 1.807) is 6.07 Å². The Morgan fingerprint density at radius 3 is 2.64 bits per heavy atom. The van der Waals surface area contributed by atoms with E-state index in [1.807, 2.05) is 50.2 Å². The second-order valence-electron chi connectivity index (χ2n) is 5.94. The molecule has 0 fully saturated rings. The number of aryl methyl sites for hydroxylation is 3. The van der Waals surface area contributed by atoms with Crippen LogP contribution in [0.3, 0.4) is 0 Å². The predicted octanol–water partition coefficient (Wildman–Crippen LogP) is 3.71. The molecule has 0 aliphatic carbocycles. The van der Waals surface area contributed by atoms with E-state index in [-0.39, 0.29) is 5.91 Å². The summed E-state index contributed by atoms with van der Waals surface area (Å²) in [7, 11) is 0. The third kappa shape index (κ3) is 4.73. The molecule has 6 nitrogen and oxygen atoms in total. The lowest BCUT2D eigenvalue weighted by atomic mass is 10.1. The highest BCUT2D eigenvalue weighted by Crippen LogP contribution is 2.17. The van der Waals surface area contributed by atoms with Crippen LogP contribution in [0.2, 0.25) is 0 Å². The van der Waals surface area contributed by atoms with Gasteiger partial charge in [0.15, 0.2) is 0 Å². The standard InChI is InChI=1S/C19H20N4O2/c1-13-9-11-15(12-10-13)19-22-18(25-23-19)8-4-7-17(24)21-16-6-3-5-14(2)20-16/h3,5-6,9-12H,4,7-8H2,1-2H3,(H,20,21,24). The Morgan fingerprint density at radius 1 is 1.08 bits per heavy atom. The second kappa shape index (κ2) is 7.70. The van der Waals surface area contributed by atoms with Gasteiger partial charge >= 0.3 is 0 Å². The summed E-state index contributed by atoms with van der Waals surface area (Å²) in [4.78, 5) is 20.6. The number of hydrogen-bond acceptors (Lipinski definition) is 5. The van der Waals surface area contributed by atoms with Crippen LogP contribution in [0.4, 0.5) is 5.82 Å². The van der Waals surface area contributed by atoms with E-state index in [4.69, 9.17) is 4.52 Å². The maximum atomic E-state index is 12.0. The molecule has 3 rings (SSSR count). The lowest BCUT2D eigenvalue weighted by Gasteiger charge is -2.04. The molecule has 0 unspecified atom stereocenters. The van der Waals surface area contributed by atoms with Crippen LogP contribution in [-0.2, 0) is 11.2 Å². The van der Waals surface area contributed by atoms with Crippen molar-refractivity contribution in [3.8, 4) is 11.4 Å². The lowest BCUT2D eigenvalue weighted by molar-refractivity contribution is -0.116. The maximum Gasteiger partial charge on any atom is 0.226 e. The average molecular weight is 336 g/mol. The molecule has 0 saturated heterocycles. The van der Waals surface area contributed by atoms with Gasteiger partial charge in [0.1, 0.15) is 5.82 Å². The molecular formula is C19H20N4O2. The van der Waals surface area contributed by atoms with Crippen LogP contribution in [0.25, 0.3) is 11.4 Å². The Morgan fingerprint density at radius 2 is 1.88 bits per heavy atom. The summed E-state index contributed by atoms with van der Waals surface area (Å²) in [6.07, 6.45) is 1.57. The number of rotatable bonds is 6. The van der Waals surface area contributed by atoms with Gasteiger partial charge in [-0.15, -0.1) is 0 Å².